The number of hydrogen-bond acceptors (Lipinski definition) is 4. The number of aromatic nitrogens is 1. The summed E-state index contributed by atoms with van der Waals surface area (Å²) in [5.74, 6) is 1.73. The van der Waals surface area contributed by atoms with Crippen molar-refractivity contribution in [3.05, 3.63) is 53.9 Å². The van der Waals surface area contributed by atoms with Gasteiger partial charge in [-0.05, 0) is 54.5 Å². The lowest BCUT2D eigenvalue weighted by Gasteiger charge is -2.40. The van der Waals surface area contributed by atoms with Crippen LogP contribution in [0.1, 0.15) is 35.7 Å². The first kappa shape index (κ1) is 15.9. The number of hydrogen-bond donors (Lipinski definition) is 0. The molecule has 0 spiro atoms. The maximum absolute atomic E-state index is 12.8. The molecule has 130 valence electrons. The predicted molar refractivity (Wildman–Crippen MR) is 93.8 cm³/mol. The maximum atomic E-state index is 12.8. The molecule has 0 bridgehead atoms. The van der Waals surface area contributed by atoms with Crippen LogP contribution < -0.4 is 9.47 Å². The Kier molecular flexibility index (Phi) is 4.07. The van der Waals surface area contributed by atoms with Gasteiger partial charge in [-0.3, -0.25) is 9.78 Å². The van der Waals surface area contributed by atoms with Crippen LogP contribution in [0.25, 0.3) is 0 Å². The topological polar surface area (TPSA) is 51.7 Å². The van der Waals surface area contributed by atoms with Crippen LogP contribution in [0.4, 0.5) is 0 Å². The molecule has 1 fully saturated rings. The van der Waals surface area contributed by atoms with Crippen LogP contribution in [0.2, 0.25) is 0 Å². The Bertz CT molecular complexity index is 778. The third kappa shape index (κ3) is 3.31. The fraction of sp³-hybridized carbons (Fsp3) is 0.400. The monoisotopic (exact) mass is 338 g/mol. The highest BCUT2D eigenvalue weighted by atomic mass is 16.7. The molecule has 0 unspecified atom stereocenters. The molecule has 1 saturated heterocycles. The third-order valence-electron chi connectivity index (χ3n) is 5.06. The van der Waals surface area contributed by atoms with E-state index in [4.69, 9.17) is 9.47 Å². The highest BCUT2D eigenvalue weighted by Crippen LogP contribution is 2.37. The van der Waals surface area contributed by atoms with Gasteiger partial charge in [0.05, 0.1) is 0 Å². The molecule has 0 saturated carbocycles. The molecule has 0 aliphatic carbocycles. The minimum absolute atomic E-state index is 0.0641. The number of piperidine rings is 1. The molecule has 2 aliphatic rings. The van der Waals surface area contributed by atoms with Crippen LogP contribution >= 0.6 is 0 Å². The van der Waals surface area contributed by atoms with Crippen LogP contribution in [0, 0.1) is 5.41 Å². The molecule has 25 heavy (non-hydrogen) atoms. The zero-order chi connectivity index (χ0) is 17.3. The lowest BCUT2D eigenvalue weighted by atomic mass is 9.76. The molecule has 1 aromatic carbocycles. The summed E-state index contributed by atoms with van der Waals surface area (Å²) in [5.41, 5.74) is 2.00. The standard InChI is InChI=1S/C20H22N2O3/c1-20(12-15-3-4-17-18(11-15)25-14-24-17)7-2-10-22(13-20)19(23)16-5-8-21-9-6-16/h3-6,8-9,11H,2,7,10,12-14H2,1H3/t20-/m0/s1. The number of rotatable bonds is 3. The summed E-state index contributed by atoms with van der Waals surface area (Å²) >= 11 is 0. The first-order valence-corrected chi connectivity index (χ1v) is 8.71. The first-order valence-electron chi connectivity index (χ1n) is 8.71. The van der Waals surface area contributed by atoms with Gasteiger partial charge < -0.3 is 14.4 Å². The summed E-state index contributed by atoms with van der Waals surface area (Å²) in [6, 6.07) is 9.71. The molecular formula is C20H22N2O3. The van der Waals surface area contributed by atoms with Crippen molar-refractivity contribution in [1.82, 2.24) is 9.88 Å². The van der Waals surface area contributed by atoms with Gasteiger partial charge in [0.15, 0.2) is 11.5 Å². The number of ether oxygens (including phenoxy) is 2. The molecular weight excluding hydrogens is 316 g/mol. The third-order valence-corrected chi connectivity index (χ3v) is 5.06. The van der Waals surface area contributed by atoms with Crippen LogP contribution in [-0.4, -0.2) is 35.7 Å². The van der Waals surface area contributed by atoms with E-state index in [-0.39, 0.29) is 11.3 Å². The lowest BCUT2D eigenvalue weighted by molar-refractivity contribution is 0.0550. The van der Waals surface area contributed by atoms with Gasteiger partial charge in [0.1, 0.15) is 0 Å². The molecule has 5 heteroatoms. The van der Waals surface area contributed by atoms with Gasteiger partial charge in [0.2, 0.25) is 6.79 Å². The van der Waals surface area contributed by atoms with Crippen molar-refractivity contribution in [1.29, 1.82) is 0 Å². The van der Waals surface area contributed by atoms with Gasteiger partial charge in [0, 0.05) is 31.0 Å². The van der Waals surface area contributed by atoms with Crippen molar-refractivity contribution in [2.75, 3.05) is 19.9 Å². The van der Waals surface area contributed by atoms with Crippen molar-refractivity contribution >= 4 is 5.91 Å². The quantitative estimate of drug-likeness (QED) is 0.862. The molecule has 2 aliphatic heterocycles. The van der Waals surface area contributed by atoms with E-state index < -0.39 is 0 Å². The van der Waals surface area contributed by atoms with Crippen LogP contribution in [0.5, 0.6) is 11.5 Å². The molecule has 5 nitrogen and oxygen atoms in total. The number of carbonyl (C=O) groups is 1. The van der Waals surface area contributed by atoms with E-state index in [1.807, 2.05) is 11.0 Å². The number of likely N-dealkylation sites (tertiary alicyclic amines) is 1. The van der Waals surface area contributed by atoms with Crippen molar-refractivity contribution < 1.29 is 14.3 Å². The molecule has 3 heterocycles. The smallest absolute Gasteiger partial charge is 0.253 e. The minimum atomic E-state index is 0.0641. The van der Waals surface area contributed by atoms with E-state index in [1.165, 1.54) is 5.56 Å². The summed E-state index contributed by atoms with van der Waals surface area (Å²) in [5, 5.41) is 0. The highest BCUT2D eigenvalue weighted by molar-refractivity contribution is 5.94. The Hall–Kier alpha value is -2.56. The SMILES string of the molecule is C[C@@]1(Cc2ccc3c(c2)OCO3)CCCN(C(=O)c2ccncc2)C1. The summed E-state index contributed by atoms with van der Waals surface area (Å²) in [6.07, 6.45) is 6.40. The summed E-state index contributed by atoms with van der Waals surface area (Å²) in [6.45, 7) is 4.15. The molecule has 1 atom stereocenters. The Morgan fingerprint density at radius 2 is 2.00 bits per heavy atom. The number of carbonyl (C=O) groups excluding carboxylic acids is 1. The zero-order valence-corrected chi connectivity index (χ0v) is 14.4. The van der Waals surface area contributed by atoms with E-state index in [0.717, 1.165) is 43.9 Å². The highest BCUT2D eigenvalue weighted by Gasteiger charge is 2.34. The van der Waals surface area contributed by atoms with Crippen LogP contribution in [0.15, 0.2) is 42.7 Å². The normalized spacial score (nSPS) is 22.0. The van der Waals surface area contributed by atoms with Gasteiger partial charge in [-0.2, -0.15) is 0 Å². The van der Waals surface area contributed by atoms with Gasteiger partial charge >= 0.3 is 0 Å². The predicted octanol–water partition coefficient (Wildman–Crippen LogP) is 3.30. The second kappa shape index (κ2) is 6.39. The minimum Gasteiger partial charge on any atom is -0.454 e. The van der Waals surface area contributed by atoms with Crippen molar-refractivity contribution in [3.8, 4) is 11.5 Å². The van der Waals surface area contributed by atoms with E-state index in [1.54, 1.807) is 24.5 Å². The number of fused-ring (bicyclic) bond motifs is 1. The number of benzene rings is 1. The van der Waals surface area contributed by atoms with Crippen molar-refractivity contribution in [2.45, 2.75) is 26.2 Å². The van der Waals surface area contributed by atoms with E-state index in [0.29, 0.717) is 12.4 Å². The van der Waals surface area contributed by atoms with E-state index in [2.05, 4.69) is 24.0 Å². The largest absolute Gasteiger partial charge is 0.454 e. The van der Waals surface area contributed by atoms with Gasteiger partial charge in [0.25, 0.3) is 5.91 Å². The van der Waals surface area contributed by atoms with Gasteiger partial charge in [-0.25, -0.2) is 0 Å². The summed E-state index contributed by atoms with van der Waals surface area (Å²) < 4.78 is 10.9. The molecule has 4 rings (SSSR count). The average Bonchev–Trinajstić information content (AvgIpc) is 3.09. The Balaban J connectivity index is 1.49. The molecule has 0 radical (unpaired) electrons. The van der Waals surface area contributed by atoms with Gasteiger partial charge in [-0.15, -0.1) is 0 Å². The van der Waals surface area contributed by atoms with E-state index in [9.17, 15) is 4.79 Å². The number of nitrogens with zero attached hydrogens (tertiary/aromatic N) is 2. The molecule has 1 amide bonds. The summed E-state index contributed by atoms with van der Waals surface area (Å²) in [4.78, 5) is 18.7. The molecule has 2 aromatic rings. The lowest BCUT2D eigenvalue weighted by Crippen LogP contribution is -2.45. The Morgan fingerprint density at radius 3 is 2.84 bits per heavy atom. The zero-order valence-electron chi connectivity index (χ0n) is 14.4. The first-order chi connectivity index (χ1) is 12.1. The Morgan fingerprint density at radius 1 is 1.20 bits per heavy atom. The molecule has 0 N–H and O–H groups in total. The van der Waals surface area contributed by atoms with Gasteiger partial charge in [-0.1, -0.05) is 13.0 Å². The average molecular weight is 338 g/mol. The maximum Gasteiger partial charge on any atom is 0.253 e. The second-order valence-electron chi connectivity index (χ2n) is 7.24. The van der Waals surface area contributed by atoms with Crippen molar-refractivity contribution in [3.63, 3.8) is 0 Å². The Labute approximate surface area is 147 Å². The number of pyridine rings is 1. The van der Waals surface area contributed by atoms with Crippen LogP contribution in [-0.2, 0) is 6.42 Å². The van der Waals surface area contributed by atoms with Crippen LogP contribution in [0.3, 0.4) is 0 Å². The second-order valence-corrected chi connectivity index (χ2v) is 7.24. The summed E-state index contributed by atoms with van der Waals surface area (Å²) in [7, 11) is 0. The fourth-order valence-electron chi connectivity index (χ4n) is 3.85. The number of amides is 1. The van der Waals surface area contributed by atoms with E-state index >= 15 is 0 Å². The fourth-order valence-corrected chi connectivity index (χ4v) is 3.85. The van der Waals surface area contributed by atoms with Crippen molar-refractivity contribution in [2.24, 2.45) is 5.41 Å². The molecule has 1 aromatic heterocycles.